The van der Waals surface area contributed by atoms with Gasteiger partial charge in [-0.1, -0.05) is 42.5 Å². The second-order valence-electron chi connectivity index (χ2n) is 10.4. The third-order valence-electron chi connectivity index (χ3n) is 6.65. The lowest BCUT2D eigenvalue weighted by atomic mass is 9.94. The van der Waals surface area contributed by atoms with Crippen LogP contribution >= 0.6 is 0 Å². The van der Waals surface area contributed by atoms with Crippen molar-refractivity contribution in [1.82, 2.24) is 5.32 Å². The number of β-amino-alcohol motifs (C(OH)–C–C–N with tert-alkyl or cyclic N) is 1. The van der Waals surface area contributed by atoms with E-state index >= 15 is 0 Å². The summed E-state index contributed by atoms with van der Waals surface area (Å²) in [5.41, 5.74) is 4.24. The number of ether oxygens (including phenoxy) is 2. The molecule has 0 spiro atoms. The summed E-state index contributed by atoms with van der Waals surface area (Å²) in [5, 5.41) is 23.2. The van der Waals surface area contributed by atoms with Gasteiger partial charge in [0.2, 0.25) is 0 Å². The molecule has 0 aliphatic heterocycles. The topological polar surface area (TPSA) is 88.0 Å². The fourth-order valence-electron chi connectivity index (χ4n) is 4.44. The molecule has 0 saturated carbocycles. The van der Waals surface area contributed by atoms with Crippen LogP contribution in [0.3, 0.4) is 0 Å². The molecule has 0 radical (unpaired) electrons. The maximum absolute atomic E-state index is 13.9. The molecule has 3 N–H and O–H groups in total. The second-order valence-corrected chi connectivity index (χ2v) is 10.4. The molecule has 6 nitrogen and oxygen atoms in total. The van der Waals surface area contributed by atoms with Gasteiger partial charge in [-0.2, -0.15) is 0 Å². The Kier molecular flexibility index (Phi) is 10.0. The van der Waals surface area contributed by atoms with Crippen LogP contribution in [0.15, 0.2) is 60.7 Å². The maximum atomic E-state index is 13.9. The molecular weight excluding hydrogens is 485 g/mol. The lowest BCUT2D eigenvalue weighted by Gasteiger charge is -2.28. The monoisotopic (exact) mass is 523 g/mol. The Balaban J connectivity index is 1.57. The first-order chi connectivity index (χ1) is 18.0. The van der Waals surface area contributed by atoms with Gasteiger partial charge in [0.1, 0.15) is 11.6 Å². The number of nitrogens with one attached hydrogen (secondary N) is 1. The number of methoxy groups -OCH3 is 1. The summed E-state index contributed by atoms with van der Waals surface area (Å²) in [6.45, 7) is 8.22. The van der Waals surface area contributed by atoms with Gasteiger partial charge < -0.3 is 25.0 Å². The number of halogens is 1. The normalized spacial score (nSPS) is 13.2. The van der Waals surface area contributed by atoms with Crippen molar-refractivity contribution in [2.45, 2.75) is 58.3 Å². The van der Waals surface area contributed by atoms with Crippen LogP contribution in [-0.4, -0.2) is 48.1 Å². The van der Waals surface area contributed by atoms with Crippen molar-refractivity contribution in [3.8, 4) is 5.75 Å². The van der Waals surface area contributed by atoms with E-state index in [0.717, 1.165) is 22.3 Å². The predicted molar refractivity (Wildman–Crippen MR) is 146 cm³/mol. The lowest BCUT2D eigenvalue weighted by Crippen LogP contribution is -2.46. The van der Waals surface area contributed by atoms with Gasteiger partial charge in [-0.25, -0.2) is 9.18 Å². The van der Waals surface area contributed by atoms with E-state index in [4.69, 9.17) is 9.47 Å². The fourth-order valence-corrected chi connectivity index (χ4v) is 4.44. The maximum Gasteiger partial charge on any atom is 0.335 e. The minimum Gasteiger partial charge on any atom is -0.496 e. The quantitative estimate of drug-likeness (QED) is 0.275. The molecule has 2 atom stereocenters. The number of aromatic carboxylic acids is 1. The zero-order chi connectivity index (χ0) is 27.9. The number of carboxylic acids is 1. The first-order valence-corrected chi connectivity index (χ1v) is 12.8. The Bertz CT molecular complexity index is 1240. The number of hydrogen-bond acceptors (Lipinski definition) is 5. The van der Waals surface area contributed by atoms with E-state index in [0.29, 0.717) is 30.7 Å². The van der Waals surface area contributed by atoms with Crippen molar-refractivity contribution in [3.63, 3.8) is 0 Å². The number of aliphatic hydroxyl groups is 1. The summed E-state index contributed by atoms with van der Waals surface area (Å²) in [6.07, 6.45) is 0.180. The van der Waals surface area contributed by atoms with E-state index in [1.807, 2.05) is 51.1 Å². The molecule has 7 heteroatoms. The van der Waals surface area contributed by atoms with Crippen LogP contribution in [0.2, 0.25) is 0 Å². The van der Waals surface area contributed by atoms with Gasteiger partial charge in [-0.05, 0) is 80.1 Å². The molecule has 3 aromatic carbocycles. The summed E-state index contributed by atoms with van der Waals surface area (Å²) in [6, 6.07) is 18.0. The molecule has 0 heterocycles. The molecule has 0 fully saturated rings. The van der Waals surface area contributed by atoms with Crippen LogP contribution in [0.1, 0.15) is 65.1 Å². The van der Waals surface area contributed by atoms with Gasteiger partial charge in [-0.15, -0.1) is 0 Å². The number of hydrogen-bond donors (Lipinski definition) is 3. The highest BCUT2D eigenvalue weighted by molar-refractivity contribution is 5.88. The van der Waals surface area contributed by atoms with Crippen LogP contribution < -0.4 is 10.1 Å². The Labute approximate surface area is 224 Å². The van der Waals surface area contributed by atoms with Crippen LogP contribution in [-0.2, 0) is 17.6 Å². The van der Waals surface area contributed by atoms with E-state index in [9.17, 15) is 19.4 Å². The largest absolute Gasteiger partial charge is 0.496 e. The smallest absolute Gasteiger partial charge is 0.335 e. The predicted octanol–water partition coefficient (Wildman–Crippen LogP) is 5.48. The van der Waals surface area contributed by atoms with E-state index in [1.165, 1.54) is 13.2 Å². The zero-order valence-electron chi connectivity index (χ0n) is 22.8. The van der Waals surface area contributed by atoms with E-state index in [1.54, 1.807) is 31.2 Å². The number of aliphatic hydroxyl groups excluding tert-OH is 1. The Morgan fingerprint density at radius 1 is 1.08 bits per heavy atom. The van der Waals surface area contributed by atoms with E-state index in [-0.39, 0.29) is 29.6 Å². The van der Waals surface area contributed by atoms with Gasteiger partial charge in [0, 0.05) is 18.5 Å². The standard InChI is InChI=1S/C31H38FNO5/c1-20-10-11-22(14-28(20)32)17-31(3,4)33-18-26(34)19-38-21(2)27-9-7-6-8-23(27)15-24-12-13-25(30(35)36)16-29(24)37-5/h6-14,16,21,26,33-34H,15,17-19H2,1-5H3,(H,35,36)/t21-,26-/m1/s1. The SMILES string of the molecule is COc1cc(C(=O)O)ccc1Cc1ccccc1[C@@H](C)OC[C@H](O)CNC(C)(C)Cc1ccc(C)c(F)c1. The van der Waals surface area contributed by atoms with Crippen molar-refractivity contribution < 1.29 is 28.9 Å². The average Bonchev–Trinajstić information content (AvgIpc) is 2.88. The molecule has 0 aliphatic carbocycles. The second kappa shape index (κ2) is 13.0. The third kappa shape index (κ3) is 8.12. The molecule has 0 aliphatic rings. The summed E-state index contributed by atoms with van der Waals surface area (Å²) < 4.78 is 25.4. The number of aryl methyl sites for hydroxylation is 1. The number of benzene rings is 3. The molecule has 0 unspecified atom stereocenters. The highest BCUT2D eigenvalue weighted by Crippen LogP contribution is 2.28. The third-order valence-corrected chi connectivity index (χ3v) is 6.65. The lowest BCUT2D eigenvalue weighted by molar-refractivity contribution is -0.00445. The number of rotatable bonds is 13. The molecule has 38 heavy (non-hydrogen) atoms. The fraction of sp³-hybridized carbons (Fsp3) is 0.387. The molecule has 0 saturated heterocycles. The Hall–Kier alpha value is -3.26. The first-order valence-electron chi connectivity index (χ1n) is 12.8. The Morgan fingerprint density at radius 3 is 2.50 bits per heavy atom. The van der Waals surface area contributed by atoms with Crippen LogP contribution in [0, 0.1) is 12.7 Å². The molecule has 0 amide bonds. The summed E-state index contributed by atoms with van der Waals surface area (Å²) in [7, 11) is 1.53. The minimum absolute atomic E-state index is 0.147. The van der Waals surface area contributed by atoms with Crippen LogP contribution in [0.25, 0.3) is 0 Å². The summed E-state index contributed by atoms with van der Waals surface area (Å²) in [5.74, 6) is -0.694. The van der Waals surface area contributed by atoms with Crippen LogP contribution in [0.4, 0.5) is 4.39 Å². The average molecular weight is 524 g/mol. The summed E-state index contributed by atoms with van der Waals surface area (Å²) >= 11 is 0. The first kappa shape index (κ1) is 29.3. The van der Waals surface area contributed by atoms with Crippen molar-refractivity contribution in [3.05, 3.63) is 99.9 Å². The van der Waals surface area contributed by atoms with Gasteiger partial charge in [0.25, 0.3) is 0 Å². The van der Waals surface area contributed by atoms with Gasteiger partial charge in [0.15, 0.2) is 0 Å². The minimum atomic E-state index is -1.00. The van der Waals surface area contributed by atoms with Crippen molar-refractivity contribution >= 4 is 5.97 Å². The molecule has 204 valence electrons. The Morgan fingerprint density at radius 2 is 1.82 bits per heavy atom. The number of carbonyl (C=O) groups is 1. The molecule has 3 rings (SSSR count). The molecular formula is C31H38FNO5. The zero-order valence-corrected chi connectivity index (χ0v) is 22.8. The van der Waals surface area contributed by atoms with Crippen LogP contribution in [0.5, 0.6) is 5.75 Å². The highest BCUT2D eigenvalue weighted by atomic mass is 19.1. The summed E-state index contributed by atoms with van der Waals surface area (Å²) in [4.78, 5) is 11.3. The highest BCUT2D eigenvalue weighted by Gasteiger charge is 2.21. The number of carboxylic acid groups (broad SMARTS) is 1. The molecule has 0 bridgehead atoms. The van der Waals surface area contributed by atoms with Crippen molar-refractivity contribution in [2.24, 2.45) is 0 Å². The van der Waals surface area contributed by atoms with Gasteiger partial charge in [-0.3, -0.25) is 0 Å². The molecule has 3 aromatic rings. The molecule has 0 aromatic heterocycles. The van der Waals surface area contributed by atoms with Gasteiger partial charge >= 0.3 is 5.97 Å². The van der Waals surface area contributed by atoms with Crippen molar-refractivity contribution in [2.75, 3.05) is 20.3 Å². The van der Waals surface area contributed by atoms with E-state index < -0.39 is 12.1 Å². The van der Waals surface area contributed by atoms with E-state index in [2.05, 4.69) is 5.32 Å². The van der Waals surface area contributed by atoms with Gasteiger partial charge in [0.05, 0.1) is 31.5 Å². The van der Waals surface area contributed by atoms with Crippen molar-refractivity contribution in [1.29, 1.82) is 0 Å².